The van der Waals surface area contributed by atoms with Gasteiger partial charge in [0.05, 0.1) is 6.42 Å². The molecular formula is C16H13F4NO2. The maximum atomic E-state index is 13.5. The van der Waals surface area contributed by atoms with Crippen LogP contribution >= 0.6 is 0 Å². The topological polar surface area (TPSA) is 52.3 Å². The van der Waals surface area contributed by atoms with E-state index in [-0.39, 0.29) is 17.5 Å². The smallest absolute Gasteiger partial charge is 0.311 e. The Balaban J connectivity index is 1.94. The van der Waals surface area contributed by atoms with Gasteiger partial charge in [0.2, 0.25) is 0 Å². The number of halogens is 4. The third-order valence-electron chi connectivity index (χ3n) is 3.07. The lowest BCUT2D eigenvalue weighted by Gasteiger charge is -2.14. The predicted octanol–water partition coefficient (Wildman–Crippen LogP) is 2.86. The van der Waals surface area contributed by atoms with Crippen LogP contribution in [-0.4, -0.2) is 12.2 Å². The molecule has 0 saturated carbocycles. The minimum absolute atomic E-state index is 0.0448. The zero-order chi connectivity index (χ0) is 17.0. The Labute approximate surface area is 129 Å². The lowest BCUT2D eigenvalue weighted by atomic mass is 10.1. The number of nitrogens with two attached hydrogens (primary N) is 1. The van der Waals surface area contributed by atoms with Crippen molar-refractivity contribution in [2.24, 2.45) is 5.73 Å². The van der Waals surface area contributed by atoms with Gasteiger partial charge in [-0.3, -0.25) is 10.5 Å². The van der Waals surface area contributed by atoms with Crippen LogP contribution in [-0.2, 0) is 22.4 Å². The van der Waals surface area contributed by atoms with Gasteiger partial charge in [-0.25, -0.2) is 17.6 Å². The molecule has 2 N–H and O–H groups in total. The molecular weight excluding hydrogens is 314 g/mol. The van der Waals surface area contributed by atoms with Crippen LogP contribution in [0.5, 0.6) is 0 Å². The van der Waals surface area contributed by atoms with Gasteiger partial charge in [-0.15, -0.1) is 0 Å². The summed E-state index contributed by atoms with van der Waals surface area (Å²) in [5, 5.41) is 0. The molecule has 2 aromatic carbocycles. The second-order valence-corrected chi connectivity index (χ2v) is 4.88. The van der Waals surface area contributed by atoms with Gasteiger partial charge in [-0.05, 0) is 23.3 Å². The number of ether oxygens (including phenoxy) is 1. The zero-order valence-corrected chi connectivity index (χ0v) is 11.9. The number of benzene rings is 2. The molecule has 122 valence electrons. The average Bonchev–Trinajstić information content (AvgIpc) is 2.45. The minimum Gasteiger partial charge on any atom is -0.446 e. The number of carbonyl (C=O) groups is 1. The van der Waals surface area contributed by atoms with Crippen LogP contribution in [0, 0.1) is 23.3 Å². The van der Waals surface area contributed by atoms with Gasteiger partial charge in [0.1, 0.15) is 23.3 Å². The third-order valence-corrected chi connectivity index (χ3v) is 3.07. The molecule has 0 saturated heterocycles. The number of carbonyl (C=O) groups excluding carboxylic acids is 1. The van der Waals surface area contributed by atoms with Crippen LogP contribution in [0.15, 0.2) is 36.4 Å². The highest BCUT2D eigenvalue weighted by atomic mass is 19.1. The summed E-state index contributed by atoms with van der Waals surface area (Å²) < 4.78 is 57.3. The van der Waals surface area contributed by atoms with Crippen LogP contribution < -0.4 is 5.73 Å². The van der Waals surface area contributed by atoms with Gasteiger partial charge in [-0.1, -0.05) is 12.1 Å². The summed E-state index contributed by atoms with van der Waals surface area (Å²) in [6.07, 6.45) is -1.78. The molecule has 0 aliphatic rings. The summed E-state index contributed by atoms with van der Waals surface area (Å²) in [5.74, 6) is -4.02. The molecule has 3 nitrogen and oxygen atoms in total. The van der Waals surface area contributed by atoms with Crippen molar-refractivity contribution < 1.29 is 27.1 Å². The zero-order valence-electron chi connectivity index (χ0n) is 11.9. The van der Waals surface area contributed by atoms with Crippen LogP contribution in [0.25, 0.3) is 0 Å². The Morgan fingerprint density at radius 1 is 0.957 bits per heavy atom. The summed E-state index contributed by atoms with van der Waals surface area (Å²) in [6, 6.07) is 5.73. The summed E-state index contributed by atoms with van der Waals surface area (Å²) in [7, 11) is 0. The molecule has 0 bridgehead atoms. The first-order valence-electron chi connectivity index (χ1n) is 6.68. The van der Waals surface area contributed by atoms with Crippen molar-refractivity contribution in [3.05, 3.63) is 70.8 Å². The molecule has 0 radical (unpaired) electrons. The summed E-state index contributed by atoms with van der Waals surface area (Å²) in [5.41, 5.74) is 5.61. The van der Waals surface area contributed by atoms with Gasteiger partial charge < -0.3 is 4.74 Å². The number of esters is 1. The fourth-order valence-electron chi connectivity index (χ4n) is 1.98. The molecule has 1 unspecified atom stereocenters. The maximum Gasteiger partial charge on any atom is 0.311 e. The second kappa shape index (κ2) is 7.23. The first-order chi connectivity index (χ1) is 10.8. The standard InChI is InChI=1S/C16H13F4NO2/c17-11-3-1-9(13(19)7-11)5-15(21)23-16(22)6-10-2-4-12(18)8-14(10)20/h1-4,7-8,15H,5-6,21H2. The first kappa shape index (κ1) is 17.0. The monoisotopic (exact) mass is 327 g/mol. The lowest BCUT2D eigenvalue weighted by Crippen LogP contribution is -2.30. The quantitative estimate of drug-likeness (QED) is 0.522. The number of hydrogen-bond acceptors (Lipinski definition) is 3. The molecule has 23 heavy (non-hydrogen) atoms. The molecule has 0 aromatic heterocycles. The molecule has 0 fully saturated rings. The van der Waals surface area contributed by atoms with E-state index in [4.69, 9.17) is 10.5 Å². The number of rotatable bonds is 5. The van der Waals surface area contributed by atoms with Crippen molar-refractivity contribution in [3.63, 3.8) is 0 Å². The highest BCUT2D eigenvalue weighted by molar-refractivity contribution is 5.72. The van der Waals surface area contributed by atoms with E-state index in [2.05, 4.69) is 0 Å². The van der Waals surface area contributed by atoms with Gasteiger partial charge >= 0.3 is 5.97 Å². The molecule has 0 aliphatic heterocycles. The average molecular weight is 327 g/mol. The maximum absolute atomic E-state index is 13.5. The second-order valence-electron chi connectivity index (χ2n) is 4.88. The first-order valence-corrected chi connectivity index (χ1v) is 6.68. The normalized spacial score (nSPS) is 12.0. The third kappa shape index (κ3) is 4.79. The van der Waals surface area contributed by atoms with E-state index in [0.717, 1.165) is 18.2 Å². The van der Waals surface area contributed by atoms with E-state index in [1.807, 2.05) is 0 Å². The molecule has 0 aliphatic carbocycles. The van der Waals surface area contributed by atoms with Crippen LogP contribution in [0.3, 0.4) is 0 Å². The van der Waals surface area contributed by atoms with E-state index in [1.165, 1.54) is 6.07 Å². The van der Waals surface area contributed by atoms with Gasteiger partial charge in [0.15, 0.2) is 6.23 Å². The number of hydrogen-bond donors (Lipinski definition) is 1. The lowest BCUT2D eigenvalue weighted by molar-refractivity contribution is -0.147. The molecule has 0 spiro atoms. The molecule has 1 atom stereocenters. The highest BCUT2D eigenvalue weighted by Crippen LogP contribution is 2.13. The van der Waals surface area contributed by atoms with Gasteiger partial charge in [-0.2, -0.15) is 0 Å². The Hall–Kier alpha value is -2.41. The van der Waals surface area contributed by atoms with Crippen molar-refractivity contribution >= 4 is 5.97 Å². The fourth-order valence-corrected chi connectivity index (χ4v) is 1.98. The van der Waals surface area contributed by atoms with Crippen molar-refractivity contribution in [3.8, 4) is 0 Å². The molecule has 0 amide bonds. The minimum atomic E-state index is -1.18. The largest absolute Gasteiger partial charge is 0.446 e. The Kier molecular flexibility index (Phi) is 5.33. The van der Waals surface area contributed by atoms with Crippen LogP contribution in [0.1, 0.15) is 11.1 Å². The molecule has 2 aromatic rings. The Morgan fingerprint density at radius 3 is 2.00 bits per heavy atom. The Bertz CT molecular complexity index is 721. The van der Waals surface area contributed by atoms with E-state index in [9.17, 15) is 22.4 Å². The summed E-state index contributed by atoms with van der Waals surface area (Å²) in [4.78, 5) is 11.7. The van der Waals surface area contributed by atoms with Gasteiger partial charge in [0.25, 0.3) is 0 Å². The predicted molar refractivity (Wildman–Crippen MR) is 74.2 cm³/mol. The summed E-state index contributed by atoms with van der Waals surface area (Å²) in [6.45, 7) is 0. The SMILES string of the molecule is NC(Cc1ccc(F)cc1F)OC(=O)Cc1ccc(F)cc1F. The van der Waals surface area contributed by atoms with E-state index in [1.54, 1.807) is 0 Å². The highest BCUT2D eigenvalue weighted by Gasteiger charge is 2.16. The van der Waals surface area contributed by atoms with E-state index < -0.39 is 41.9 Å². The Morgan fingerprint density at radius 2 is 1.48 bits per heavy atom. The molecule has 7 heteroatoms. The van der Waals surface area contributed by atoms with Gasteiger partial charge in [0, 0.05) is 18.6 Å². The summed E-state index contributed by atoms with van der Waals surface area (Å²) >= 11 is 0. The fraction of sp³-hybridized carbons (Fsp3) is 0.188. The van der Waals surface area contributed by atoms with E-state index in [0.29, 0.717) is 12.1 Å². The van der Waals surface area contributed by atoms with Crippen LogP contribution in [0.4, 0.5) is 17.6 Å². The van der Waals surface area contributed by atoms with Crippen molar-refractivity contribution in [1.82, 2.24) is 0 Å². The van der Waals surface area contributed by atoms with E-state index >= 15 is 0 Å². The molecule has 2 rings (SSSR count). The van der Waals surface area contributed by atoms with Crippen molar-refractivity contribution in [1.29, 1.82) is 0 Å². The van der Waals surface area contributed by atoms with Crippen LogP contribution in [0.2, 0.25) is 0 Å². The van der Waals surface area contributed by atoms with Crippen molar-refractivity contribution in [2.45, 2.75) is 19.1 Å². The molecule has 0 heterocycles. The van der Waals surface area contributed by atoms with Crippen molar-refractivity contribution in [2.75, 3.05) is 0 Å².